The SMILES string of the molecule is NC(=O)N1CCC2CCC1CC2. The molecular formula is C9H16N2O. The second-order valence-corrected chi connectivity index (χ2v) is 3.99. The minimum Gasteiger partial charge on any atom is -0.351 e. The molecule has 68 valence electrons. The van der Waals surface area contributed by atoms with Gasteiger partial charge in [0.05, 0.1) is 0 Å². The molecule has 2 heterocycles. The number of hydrogen-bond acceptors (Lipinski definition) is 1. The van der Waals surface area contributed by atoms with Crippen LogP contribution >= 0.6 is 0 Å². The average molecular weight is 168 g/mol. The zero-order chi connectivity index (χ0) is 8.55. The van der Waals surface area contributed by atoms with Gasteiger partial charge in [0.2, 0.25) is 0 Å². The van der Waals surface area contributed by atoms with Crippen molar-refractivity contribution in [3.63, 3.8) is 0 Å². The van der Waals surface area contributed by atoms with Crippen molar-refractivity contribution in [3.05, 3.63) is 0 Å². The molecule has 0 unspecified atom stereocenters. The van der Waals surface area contributed by atoms with Crippen LogP contribution in [-0.2, 0) is 0 Å². The van der Waals surface area contributed by atoms with E-state index in [0.717, 1.165) is 12.5 Å². The Kier molecular flexibility index (Phi) is 1.95. The summed E-state index contributed by atoms with van der Waals surface area (Å²) in [6.07, 6.45) is 6.11. The highest BCUT2D eigenvalue weighted by atomic mass is 16.2. The van der Waals surface area contributed by atoms with Gasteiger partial charge in [0.15, 0.2) is 0 Å². The number of nitrogens with zero attached hydrogens (tertiary/aromatic N) is 1. The predicted molar refractivity (Wildman–Crippen MR) is 46.7 cm³/mol. The number of nitrogens with two attached hydrogens (primary N) is 1. The third kappa shape index (κ3) is 1.28. The van der Waals surface area contributed by atoms with E-state index in [1.807, 2.05) is 4.90 Å². The van der Waals surface area contributed by atoms with Gasteiger partial charge >= 0.3 is 6.03 Å². The van der Waals surface area contributed by atoms with E-state index in [1.165, 1.54) is 32.1 Å². The minimum absolute atomic E-state index is 0.220. The summed E-state index contributed by atoms with van der Waals surface area (Å²) in [5.74, 6) is 0.866. The van der Waals surface area contributed by atoms with Crippen molar-refractivity contribution in [2.45, 2.75) is 38.1 Å². The third-order valence-corrected chi connectivity index (χ3v) is 3.32. The van der Waals surface area contributed by atoms with Gasteiger partial charge in [0.25, 0.3) is 0 Å². The maximum Gasteiger partial charge on any atom is 0.315 e. The number of fused-ring (bicyclic) bond motifs is 4. The Morgan fingerprint density at radius 2 is 1.83 bits per heavy atom. The molecular weight excluding hydrogens is 152 g/mol. The van der Waals surface area contributed by atoms with Crippen molar-refractivity contribution in [2.75, 3.05) is 6.54 Å². The third-order valence-electron chi connectivity index (χ3n) is 3.32. The van der Waals surface area contributed by atoms with Gasteiger partial charge in [-0.2, -0.15) is 0 Å². The van der Waals surface area contributed by atoms with Crippen LogP contribution in [0.5, 0.6) is 0 Å². The van der Waals surface area contributed by atoms with Crippen LogP contribution < -0.4 is 5.73 Å². The van der Waals surface area contributed by atoms with Gasteiger partial charge in [0.1, 0.15) is 0 Å². The first-order valence-corrected chi connectivity index (χ1v) is 4.83. The molecule has 0 radical (unpaired) electrons. The monoisotopic (exact) mass is 168 g/mol. The molecule has 1 saturated carbocycles. The molecule has 2 amide bonds. The van der Waals surface area contributed by atoms with Crippen molar-refractivity contribution >= 4 is 6.03 Å². The van der Waals surface area contributed by atoms with Crippen molar-refractivity contribution in [1.82, 2.24) is 4.90 Å². The second kappa shape index (κ2) is 2.96. The summed E-state index contributed by atoms with van der Waals surface area (Å²) in [6.45, 7) is 0.894. The molecule has 1 aliphatic carbocycles. The first-order chi connectivity index (χ1) is 5.77. The summed E-state index contributed by atoms with van der Waals surface area (Å²) in [5.41, 5.74) is 5.31. The first-order valence-electron chi connectivity index (χ1n) is 4.83. The van der Waals surface area contributed by atoms with E-state index in [0.29, 0.717) is 6.04 Å². The van der Waals surface area contributed by atoms with Gasteiger partial charge < -0.3 is 10.6 Å². The zero-order valence-electron chi connectivity index (χ0n) is 7.33. The van der Waals surface area contributed by atoms with E-state index in [4.69, 9.17) is 5.73 Å². The van der Waals surface area contributed by atoms with Crippen LogP contribution in [0.3, 0.4) is 0 Å². The fourth-order valence-corrected chi connectivity index (χ4v) is 2.54. The Bertz CT molecular complexity index is 185. The summed E-state index contributed by atoms with van der Waals surface area (Å²) in [4.78, 5) is 12.9. The molecule has 12 heavy (non-hydrogen) atoms. The summed E-state index contributed by atoms with van der Waals surface area (Å²) < 4.78 is 0. The predicted octanol–water partition coefficient (Wildman–Crippen LogP) is 1.33. The molecule has 0 atom stereocenters. The number of rotatable bonds is 0. The molecule has 3 nitrogen and oxygen atoms in total. The molecule has 3 aliphatic rings. The topological polar surface area (TPSA) is 46.3 Å². The fraction of sp³-hybridized carbons (Fsp3) is 0.889. The average Bonchev–Trinajstić information content (AvgIpc) is 2.36. The molecule has 2 bridgehead atoms. The number of hydrogen-bond donors (Lipinski definition) is 1. The molecule has 3 heteroatoms. The van der Waals surface area contributed by atoms with Crippen LogP contribution in [0.25, 0.3) is 0 Å². The summed E-state index contributed by atoms with van der Waals surface area (Å²) >= 11 is 0. The highest BCUT2D eigenvalue weighted by molar-refractivity contribution is 5.72. The smallest absolute Gasteiger partial charge is 0.315 e. The Balaban J connectivity index is 2.10. The Labute approximate surface area is 72.9 Å². The van der Waals surface area contributed by atoms with E-state index >= 15 is 0 Å². The van der Waals surface area contributed by atoms with Crippen LogP contribution in [0.4, 0.5) is 4.79 Å². The Morgan fingerprint density at radius 1 is 1.17 bits per heavy atom. The maximum atomic E-state index is 11.0. The molecule has 3 fully saturated rings. The molecule has 2 aliphatic heterocycles. The van der Waals surface area contributed by atoms with E-state index in [9.17, 15) is 4.79 Å². The van der Waals surface area contributed by atoms with Gasteiger partial charge in [0, 0.05) is 12.6 Å². The lowest BCUT2D eigenvalue weighted by Crippen LogP contribution is -2.42. The van der Waals surface area contributed by atoms with Crippen molar-refractivity contribution < 1.29 is 4.79 Å². The van der Waals surface area contributed by atoms with E-state index in [2.05, 4.69) is 0 Å². The zero-order valence-corrected chi connectivity index (χ0v) is 7.33. The van der Waals surface area contributed by atoms with Gasteiger partial charge in [-0.3, -0.25) is 0 Å². The molecule has 0 aromatic heterocycles. The van der Waals surface area contributed by atoms with Gasteiger partial charge in [-0.15, -0.1) is 0 Å². The number of primary amides is 1. The molecule has 0 spiro atoms. The minimum atomic E-state index is -0.220. The van der Waals surface area contributed by atoms with E-state index in [-0.39, 0.29) is 6.03 Å². The number of urea groups is 1. The first kappa shape index (κ1) is 7.90. The molecule has 3 rings (SSSR count). The van der Waals surface area contributed by atoms with Crippen LogP contribution in [0.15, 0.2) is 0 Å². The normalized spacial score (nSPS) is 34.8. The largest absolute Gasteiger partial charge is 0.351 e. The number of carbonyl (C=O) groups excluding carboxylic acids is 1. The fourth-order valence-electron chi connectivity index (χ4n) is 2.54. The lowest BCUT2D eigenvalue weighted by Gasteiger charge is -2.29. The van der Waals surface area contributed by atoms with Gasteiger partial charge in [-0.1, -0.05) is 0 Å². The van der Waals surface area contributed by atoms with Crippen LogP contribution in [0.1, 0.15) is 32.1 Å². The maximum absolute atomic E-state index is 11.0. The van der Waals surface area contributed by atoms with Crippen molar-refractivity contribution in [3.8, 4) is 0 Å². The summed E-state index contributed by atoms with van der Waals surface area (Å²) in [6, 6.07) is 0.240. The summed E-state index contributed by atoms with van der Waals surface area (Å²) in [5, 5.41) is 0. The molecule has 0 aromatic rings. The van der Waals surface area contributed by atoms with Crippen molar-refractivity contribution in [1.29, 1.82) is 0 Å². The van der Waals surface area contributed by atoms with E-state index in [1.54, 1.807) is 0 Å². The van der Waals surface area contributed by atoms with Crippen LogP contribution in [-0.4, -0.2) is 23.5 Å². The highest BCUT2D eigenvalue weighted by Crippen LogP contribution is 2.33. The summed E-state index contributed by atoms with van der Waals surface area (Å²) in [7, 11) is 0. The Morgan fingerprint density at radius 3 is 2.42 bits per heavy atom. The molecule has 2 N–H and O–H groups in total. The highest BCUT2D eigenvalue weighted by Gasteiger charge is 2.31. The Hall–Kier alpha value is -0.730. The molecule has 0 aromatic carbocycles. The van der Waals surface area contributed by atoms with E-state index < -0.39 is 0 Å². The van der Waals surface area contributed by atoms with Crippen LogP contribution in [0.2, 0.25) is 0 Å². The van der Waals surface area contributed by atoms with Gasteiger partial charge in [-0.25, -0.2) is 4.79 Å². The quantitative estimate of drug-likeness (QED) is 0.582. The van der Waals surface area contributed by atoms with Crippen molar-refractivity contribution in [2.24, 2.45) is 11.7 Å². The standard InChI is InChI=1S/C9H16N2O/c10-9(12)11-6-5-7-1-3-8(11)4-2-7/h7-8H,1-6H2,(H2,10,12). The number of amides is 2. The lowest BCUT2D eigenvalue weighted by molar-refractivity contribution is 0.179. The van der Waals surface area contributed by atoms with Gasteiger partial charge in [-0.05, 0) is 38.0 Å². The number of carbonyl (C=O) groups is 1. The second-order valence-electron chi connectivity index (χ2n) is 3.99. The lowest BCUT2D eigenvalue weighted by atomic mass is 9.86. The molecule has 2 saturated heterocycles. The van der Waals surface area contributed by atoms with Crippen LogP contribution in [0, 0.1) is 5.92 Å².